The first kappa shape index (κ1) is 19.0. The monoisotopic (exact) mass is 378 g/mol. The molecule has 8 heteroatoms. The van der Waals surface area contributed by atoms with Gasteiger partial charge >= 0.3 is 5.97 Å². The smallest absolute Gasteiger partial charge is 0.328 e. The van der Waals surface area contributed by atoms with Crippen LogP contribution in [0.4, 0.5) is 5.69 Å². The Kier molecular flexibility index (Phi) is 7.03. The Balaban J connectivity index is 1.78. The second-order valence-corrected chi connectivity index (χ2v) is 6.89. The number of esters is 1. The first-order chi connectivity index (χ1) is 12.0. The molecule has 0 saturated carbocycles. The van der Waals surface area contributed by atoms with Gasteiger partial charge in [-0.25, -0.2) is 4.79 Å². The largest absolute Gasteiger partial charge is 0.454 e. The van der Waals surface area contributed by atoms with Crippen LogP contribution in [0.3, 0.4) is 0 Å². The van der Waals surface area contributed by atoms with Gasteiger partial charge in [-0.15, -0.1) is 23.1 Å². The van der Waals surface area contributed by atoms with Gasteiger partial charge in [0.15, 0.2) is 6.61 Å². The molecular weight excluding hydrogens is 360 g/mol. The molecule has 0 aliphatic rings. The number of rotatable bonds is 7. The topological polar surface area (TPSA) is 84.5 Å². The number of benzene rings is 1. The van der Waals surface area contributed by atoms with E-state index in [-0.39, 0.29) is 5.91 Å². The lowest BCUT2D eigenvalue weighted by Gasteiger charge is -2.13. The third kappa shape index (κ3) is 5.91. The number of hydrogen-bond donors (Lipinski definition) is 2. The van der Waals surface area contributed by atoms with Gasteiger partial charge < -0.3 is 15.4 Å². The first-order valence-electron chi connectivity index (χ1n) is 7.44. The Bertz CT molecular complexity index is 747. The lowest BCUT2D eigenvalue weighted by Crippen LogP contribution is -2.40. The van der Waals surface area contributed by atoms with Crippen molar-refractivity contribution in [3.05, 3.63) is 46.7 Å². The molecule has 2 aromatic rings. The van der Waals surface area contributed by atoms with Crippen molar-refractivity contribution >= 4 is 46.6 Å². The van der Waals surface area contributed by atoms with E-state index in [9.17, 15) is 14.4 Å². The van der Waals surface area contributed by atoms with Gasteiger partial charge in [0.2, 0.25) is 0 Å². The summed E-state index contributed by atoms with van der Waals surface area (Å²) in [4.78, 5) is 37.1. The van der Waals surface area contributed by atoms with Crippen LogP contribution in [-0.2, 0) is 14.3 Å². The maximum absolute atomic E-state index is 11.9. The first-order valence-corrected chi connectivity index (χ1v) is 9.55. The number of carbonyl (C=O) groups is 3. The summed E-state index contributed by atoms with van der Waals surface area (Å²) in [5, 5.41) is 6.96. The van der Waals surface area contributed by atoms with Crippen molar-refractivity contribution in [2.24, 2.45) is 0 Å². The minimum absolute atomic E-state index is 0.349. The standard InChI is InChI=1S/C17H18N2O4S2/c1-11(18-16(21)14-7-4-8-25-14)17(22)23-10-15(20)19-12-5-3-6-13(9-12)24-2/h3-9,11H,10H2,1-2H3,(H,18,21)(H,19,20). The number of thiophene rings is 1. The highest BCUT2D eigenvalue weighted by molar-refractivity contribution is 7.98. The number of anilines is 1. The van der Waals surface area contributed by atoms with Crippen molar-refractivity contribution in [2.75, 3.05) is 18.2 Å². The summed E-state index contributed by atoms with van der Waals surface area (Å²) >= 11 is 2.84. The van der Waals surface area contributed by atoms with Crippen LogP contribution < -0.4 is 10.6 Å². The average Bonchev–Trinajstić information content (AvgIpc) is 3.14. The number of nitrogens with one attached hydrogen (secondary N) is 2. The molecule has 0 fully saturated rings. The third-order valence-corrected chi connectivity index (χ3v) is 4.74. The fourth-order valence-electron chi connectivity index (χ4n) is 1.89. The van der Waals surface area contributed by atoms with Crippen LogP contribution in [0, 0.1) is 0 Å². The molecule has 0 aliphatic carbocycles. The van der Waals surface area contributed by atoms with Crippen LogP contribution in [0.25, 0.3) is 0 Å². The molecule has 1 heterocycles. The molecule has 6 nitrogen and oxygen atoms in total. The summed E-state index contributed by atoms with van der Waals surface area (Å²) in [5.41, 5.74) is 0.631. The highest BCUT2D eigenvalue weighted by Crippen LogP contribution is 2.18. The molecule has 1 aromatic heterocycles. The molecule has 2 N–H and O–H groups in total. The van der Waals surface area contributed by atoms with E-state index in [0.29, 0.717) is 10.6 Å². The number of amides is 2. The van der Waals surface area contributed by atoms with Crippen LogP contribution in [0.5, 0.6) is 0 Å². The van der Waals surface area contributed by atoms with E-state index in [4.69, 9.17) is 4.74 Å². The minimum Gasteiger partial charge on any atom is -0.454 e. The maximum atomic E-state index is 11.9. The third-order valence-electron chi connectivity index (χ3n) is 3.15. The van der Waals surface area contributed by atoms with Gasteiger partial charge in [0.05, 0.1) is 4.88 Å². The number of carbonyl (C=O) groups excluding carboxylic acids is 3. The van der Waals surface area contributed by atoms with E-state index < -0.39 is 24.5 Å². The van der Waals surface area contributed by atoms with Crippen molar-refractivity contribution in [3.63, 3.8) is 0 Å². The molecule has 1 unspecified atom stereocenters. The predicted molar refractivity (Wildman–Crippen MR) is 99.1 cm³/mol. The normalized spacial score (nSPS) is 11.4. The van der Waals surface area contributed by atoms with Gasteiger partial charge in [-0.1, -0.05) is 12.1 Å². The summed E-state index contributed by atoms with van der Waals surface area (Å²) in [7, 11) is 0. The maximum Gasteiger partial charge on any atom is 0.328 e. The second kappa shape index (κ2) is 9.24. The summed E-state index contributed by atoms with van der Waals surface area (Å²) in [5.74, 6) is -1.46. The number of thioether (sulfide) groups is 1. The molecule has 132 valence electrons. The molecule has 0 radical (unpaired) electrons. The van der Waals surface area contributed by atoms with Crippen LogP contribution in [0.1, 0.15) is 16.6 Å². The molecule has 0 bridgehead atoms. The van der Waals surface area contributed by atoms with Crippen LogP contribution >= 0.6 is 23.1 Å². The van der Waals surface area contributed by atoms with E-state index in [1.54, 1.807) is 35.3 Å². The lowest BCUT2D eigenvalue weighted by molar-refractivity contribution is -0.148. The average molecular weight is 378 g/mol. The molecule has 1 atom stereocenters. The van der Waals surface area contributed by atoms with Crippen molar-refractivity contribution in [1.82, 2.24) is 5.32 Å². The van der Waals surface area contributed by atoms with Gasteiger partial charge in [-0.05, 0) is 42.8 Å². The van der Waals surface area contributed by atoms with E-state index in [0.717, 1.165) is 4.90 Å². The van der Waals surface area contributed by atoms with Crippen LogP contribution in [-0.4, -0.2) is 36.7 Å². The Morgan fingerprint density at radius 1 is 1.24 bits per heavy atom. The highest BCUT2D eigenvalue weighted by atomic mass is 32.2. The zero-order valence-electron chi connectivity index (χ0n) is 13.8. The highest BCUT2D eigenvalue weighted by Gasteiger charge is 2.19. The van der Waals surface area contributed by atoms with Gasteiger partial charge in [-0.3, -0.25) is 9.59 Å². The molecule has 2 rings (SSSR count). The summed E-state index contributed by atoms with van der Waals surface area (Å²) < 4.78 is 4.95. The van der Waals surface area contributed by atoms with Gasteiger partial charge in [0, 0.05) is 10.6 Å². The van der Waals surface area contributed by atoms with Gasteiger partial charge in [0.1, 0.15) is 6.04 Å². The van der Waals surface area contributed by atoms with E-state index in [1.807, 2.05) is 24.5 Å². The van der Waals surface area contributed by atoms with Gasteiger partial charge in [-0.2, -0.15) is 0 Å². The van der Waals surface area contributed by atoms with Gasteiger partial charge in [0.25, 0.3) is 11.8 Å². The Morgan fingerprint density at radius 2 is 2.04 bits per heavy atom. The molecular formula is C17H18N2O4S2. The SMILES string of the molecule is CSc1cccc(NC(=O)COC(=O)C(C)NC(=O)c2cccs2)c1. The Labute approximate surface area is 154 Å². The molecule has 25 heavy (non-hydrogen) atoms. The summed E-state index contributed by atoms with van der Waals surface area (Å²) in [6, 6.07) is 9.90. The Hall–Kier alpha value is -2.32. The molecule has 0 saturated heterocycles. The second-order valence-electron chi connectivity index (χ2n) is 5.06. The zero-order chi connectivity index (χ0) is 18.2. The minimum atomic E-state index is -0.845. The van der Waals surface area contributed by atoms with Crippen LogP contribution in [0.2, 0.25) is 0 Å². The predicted octanol–water partition coefficient (Wildman–Crippen LogP) is 2.77. The van der Waals surface area contributed by atoms with Crippen molar-refractivity contribution < 1.29 is 19.1 Å². The molecule has 0 aliphatic heterocycles. The fraction of sp³-hybridized carbons (Fsp3) is 0.235. The molecule has 0 spiro atoms. The quantitative estimate of drug-likeness (QED) is 0.572. The Morgan fingerprint density at radius 3 is 2.72 bits per heavy atom. The zero-order valence-corrected chi connectivity index (χ0v) is 15.4. The van der Waals surface area contributed by atoms with Crippen LogP contribution in [0.15, 0.2) is 46.7 Å². The van der Waals surface area contributed by atoms with E-state index in [2.05, 4.69) is 10.6 Å². The lowest BCUT2D eigenvalue weighted by atomic mass is 10.3. The number of hydrogen-bond acceptors (Lipinski definition) is 6. The van der Waals surface area contributed by atoms with E-state index in [1.165, 1.54) is 18.3 Å². The fourth-order valence-corrected chi connectivity index (χ4v) is 2.98. The van der Waals surface area contributed by atoms with E-state index >= 15 is 0 Å². The summed E-state index contributed by atoms with van der Waals surface area (Å²) in [6.07, 6.45) is 1.94. The summed E-state index contributed by atoms with van der Waals surface area (Å²) in [6.45, 7) is 1.09. The molecule has 2 amide bonds. The number of ether oxygens (including phenoxy) is 1. The molecule has 1 aromatic carbocycles. The van der Waals surface area contributed by atoms with Crippen molar-refractivity contribution in [1.29, 1.82) is 0 Å². The van der Waals surface area contributed by atoms with Crippen molar-refractivity contribution in [2.45, 2.75) is 17.9 Å². The van der Waals surface area contributed by atoms with Crippen molar-refractivity contribution in [3.8, 4) is 0 Å².